The summed E-state index contributed by atoms with van der Waals surface area (Å²) < 4.78 is 47.3. The number of alkyl halides is 3. The molecule has 0 spiro atoms. The Kier molecular flexibility index (Phi) is 6.42. The molecule has 0 radical (unpaired) electrons. The number of nitro benzene ring substituents is 1. The smallest absolute Gasteiger partial charge is 0.416 e. The molecule has 0 heterocycles. The molecule has 0 saturated carbocycles. The number of halogens is 3. The first-order chi connectivity index (χ1) is 13.5. The fraction of sp³-hybridized carbons (Fsp3) is 0.222. The van der Waals surface area contributed by atoms with Gasteiger partial charge in [-0.05, 0) is 36.8 Å². The van der Waals surface area contributed by atoms with Gasteiger partial charge in [-0.1, -0.05) is 0 Å². The van der Waals surface area contributed by atoms with Crippen molar-refractivity contribution in [2.45, 2.75) is 13.1 Å². The minimum atomic E-state index is -4.54. The summed E-state index contributed by atoms with van der Waals surface area (Å²) in [6.07, 6.45) is -4.54. The van der Waals surface area contributed by atoms with Gasteiger partial charge in [0, 0.05) is 17.8 Å². The van der Waals surface area contributed by atoms with E-state index in [-0.39, 0.29) is 22.7 Å². The third kappa shape index (κ3) is 5.43. The SMILES string of the molecule is COc1cc(NC(=O)COC(=O)c2ccc(C(F)(F)F)cc2)c(C)cc1[N+](=O)[O-]. The number of aryl methyl sites for hydroxylation is 1. The molecule has 0 aliphatic carbocycles. The van der Waals surface area contributed by atoms with Crippen LogP contribution in [0.15, 0.2) is 36.4 Å². The van der Waals surface area contributed by atoms with Gasteiger partial charge in [0.05, 0.1) is 23.2 Å². The van der Waals surface area contributed by atoms with E-state index in [1.165, 1.54) is 26.2 Å². The molecule has 0 saturated heterocycles. The maximum atomic E-state index is 12.5. The van der Waals surface area contributed by atoms with Crippen LogP contribution in [0, 0.1) is 17.0 Å². The number of ether oxygens (including phenoxy) is 2. The van der Waals surface area contributed by atoms with Crippen LogP contribution in [0.2, 0.25) is 0 Å². The standard InChI is InChI=1S/C18H15F3N2O6/c1-10-7-14(23(26)27)15(28-2)8-13(10)22-16(24)9-29-17(25)11-3-5-12(6-4-11)18(19,20)21/h3-8H,9H2,1-2H3,(H,22,24). The Balaban J connectivity index is 2.01. The second-order valence-corrected chi connectivity index (χ2v) is 5.80. The van der Waals surface area contributed by atoms with Crippen LogP contribution in [0.4, 0.5) is 24.5 Å². The summed E-state index contributed by atoms with van der Waals surface area (Å²) in [5.41, 5.74) is -0.770. The van der Waals surface area contributed by atoms with Crippen molar-refractivity contribution in [1.82, 2.24) is 0 Å². The lowest BCUT2D eigenvalue weighted by molar-refractivity contribution is -0.385. The maximum Gasteiger partial charge on any atom is 0.416 e. The molecule has 0 atom stereocenters. The lowest BCUT2D eigenvalue weighted by atomic mass is 10.1. The zero-order valence-electron chi connectivity index (χ0n) is 15.2. The number of esters is 1. The minimum absolute atomic E-state index is 0.0716. The van der Waals surface area contributed by atoms with Crippen LogP contribution >= 0.6 is 0 Å². The molecule has 0 aliphatic rings. The number of carbonyl (C=O) groups excluding carboxylic acids is 2. The van der Waals surface area contributed by atoms with Crippen LogP contribution in [0.1, 0.15) is 21.5 Å². The monoisotopic (exact) mass is 412 g/mol. The van der Waals surface area contributed by atoms with Gasteiger partial charge in [-0.15, -0.1) is 0 Å². The second kappa shape index (κ2) is 8.59. The molecule has 0 aliphatic heterocycles. The molecule has 29 heavy (non-hydrogen) atoms. The van der Waals surface area contributed by atoms with E-state index in [0.717, 1.165) is 24.3 Å². The summed E-state index contributed by atoms with van der Waals surface area (Å²) in [4.78, 5) is 34.2. The van der Waals surface area contributed by atoms with Gasteiger partial charge in [0.15, 0.2) is 12.4 Å². The molecule has 0 fully saturated rings. The number of amides is 1. The molecular formula is C18H15F3N2O6. The molecule has 2 aromatic carbocycles. The predicted octanol–water partition coefficient (Wildman–Crippen LogP) is 3.73. The van der Waals surface area contributed by atoms with E-state index in [0.29, 0.717) is 5.56 Å². The molecule has 154 valence electrons. The Morgan fingerprint density at radius 3 is 2.31 bits per heavy atom. The minimum Gasteiger partial charge on any atom is -0.490 e. The quantitative estimate of drug-likeness (QED) is 0.440. The van der Waals surface area contributed by atoms with E-state index < -0.39 is 35.1 Å². The van der Waals surface area contributed by atoms with E-state index in [1.54, 1.807) is 0 Å². The van der Waals surface area contributed by atoms with Crippen LogP contribution in [0.3, 0.4) is 0 Å². The highest BCUT2D eigenvalue weighted by molar-refractivity contribution is 5.96. The van der Waals surface area contributed by atoms with Gasteiger partial charge >= 0.3 is 17.8 Å². The van der Waals surface area contributed by atoms with Gasteiger partial charge < -0.3 is 14.8 Å². The molecule has 2 rings (SSSR count). The topological polar surface area (TPSA) is 108 Å². The van der Waals surface area contributed by atoms with E-state index in [9.17, 15) is 32.9 Å². The predicted molar refractivity (Wildman–Crippen MR) is 94.7 cm³/mol. The van der Waals surface area contributed by atoms with Crippen LogP contribution < -0.4 is 10.1 Å². The van der Waals surface area contributed by atoms with Crippen molar-refractivity contribution in [3.8, 4) is 5.75 Å². The van der Waals surface area contributed by atoms with Gasteiger partial charge in [-0.2, -0.15) is 13.2 Å². The normalized spacial score (nSPS) is 10.9. The number of benzene rings is 2. The first-order valence-corrected chi connectivity index (χ1v) is 8.00. The molecule has 11 heteroatoms. The summed E-state index contributed by atoms with van der Waals surface area (Å²) in [6, 6.07) is 5.79. The summed E-state index contributed by atoms with van der Waals surface area (Å²) in [7, 11) is 1.23. The third-order valence-corrected chi connectivity index (χ3v) is 3.78. The van der Waals surface area contributed by atoms with Gasteiger partial charge in [0.1, 0.15) is 0 Å². The van der Waals surface area contributed by atoms with Crippen molar-refractivity contribution in [3.63, 3.8) is 0 Å². The second-order valence-electron chi connectivity index (χ2n) is 5.80. The molecule has 2 aromatic rings. The first-order valence-electron chi connectivity index (χ1n) is 8.00. The van der Waals surface area contributed by atoms with Crippen molar-refractivity contribution in [2.75, 3.05) is 19.0 Å². The average Bonchev–Trinajstić information content (AvgIpc) is 2.66. The van der Waals surface area contributed by atoms with Gasteiger partial charge in [0.2, 0.25) is 0 Å². The van der Waals surface area contributed by atoms with E-state index >= 15 is 0 Å². The van der Waals surface area contributed by atoms with Crippen LogP contribution in [0.25, 0.3) is 0 Å². The number of nitro groups is 1. The number of hydrogen-bond donors (Lipinski definition) is 1. The number of rotatable bonds is 6. The van der Waals surface area contributed by atoms with Crippen molar-refractivity contribution >= 4 is 23.3 Å². The zero-order chi connectivity index (χ0) is 21.8. The van der Waals surface area contributed by atoms with E-state index in [4.69, 9.17) is 9.47 Å². The number of anilines is 1. The highest BCUT2D eigenvalue weighted by Gasteiger charge is 2.30. The Morgan fingerprint density at radius 2 is 1.79 bits per heavy atom. The van der Waals surface area contributed by atoms with Crippen molar-refractivity contribution < 1.29 is 37.2 Å². The third-order valence-electron chi connectivity index (χ3n) is 3.78. The summed E-state index contributed by atoms with van der Waals surface area (Å²) in [5, 5.41) is 13.4. The molecule has 8 nitrogen and oxygen atoms in total. The maximum absolute atomic E-state index is 12.5. The van der Waals surface area contributed by atoms with E-state index in [2.05, 4.69) is 5.32 Å². The number of carbonyl (C=O) groups is 2. The lowest BCUT2D eigenvalue weighted by Crippen LogP contribution is -2.21. The fourth-order valence-electron chi connectivity index (χ4n) is 2.31. The van der Waals surface area contributed by atoms with Gasteiger partial charge in [0.25, 0.3) is 5.91 Å². The molecule has 0 aromatic heterocycles. The summed E-state index contributed by atoms with van der Waals surface area (Å²) in [5.74, 6) is -1.80. The van der Waals surface area contributed by atoms with E-state index in [1.807, 2.05) is 0 Å². The molecule has 0 bridgehead atoms. The first kappa shape index (κ1) is 21.7. The molecule has 1 N–H and O–H groups in total. The number of nitrogens with zero attached hydrogens (tertiary/aromatic N) is 1. The lowest BCUT2D eigenvalue weighted by Gasteiger charge is -2.11. The zero-order valence-corrected chi connectivity index (χ0v) is 15.2. The Bertz CT molecular complexity index is 942. The molecule has 0 unspecified atom stereocenters. The average molecular weight is 412 g/mol. The fourth-order valence-corrected chi connectivity index (χ4v) is 2.31. The van der Waals surface area contributed by atoms with Crippen molar-refractivity contribution in [3.05, 3.63) is 63.2 Å². The van der Waals surface area contributed by atoms with Crippen LogP contribution in [-0.4, -0.2) is 30.5 Å². The summed E-state index contributed by atoms with van der Waals surface area (Å²) >= 11 is 0. The Hall–Kier alpha value is -3.63. The van der Waals surface area contributed by atoms with Crippen LogP contribution in [-0.2, 0) is 15.7 Å². The highest BCUT2D eigenvalue weighted by atomic mass is 19.4. The molecular weight excluding hydrogens is 397 g/mol. The van der Waals surface area contributed by atoms with Crippen molar-refractivity contribution in [1.29, 1.82) is 0 Å². The summed E-state index contributed by atoms with van der Waals surface area (Å²) in [6.45, 7) is 0.814. The van der Waals surface area contributed by atoms with Crippen LogP contribution in [0.5, 0.6) is 5.75 Å². The number of nitrogens with one attached hydrogen (secondary N) is 1. The Labute approximate surface area is 162 Å². The number of hydrogen-bond acceptors (Lipinski definition) is 6. The highest BCUT2D eigenvalue weighted by Crippen LogP contribution is 2.32. The Morgan fingerprint density at radius 1 is 1.17 bits per heavy atom. The van der Waals surface area contributed by atoms with Gasteiger partial charge in [-0.3, -0.25) is 14.9 Å². The van der Waals surface area contributed by atoms with Crippen molar-refractivity contribution in [2.24, 2.45) is 0 Å². The van der Waals surface area contributed by atoms with Gasteiger partial charge in [-0.25, -0.2) is 4.79 Å². The molecule has 1 amide bonds. The number of methoxy groups -OCH3 is 1. The largest absolute Gasteiger partial charge is 0.490 e.